The van der Waals surface area contributed by atoms with Crippen LogP contribution in [0.3, 0.4) is 0 Å². The van der Waals surface area contributed by atoms with Crippen LogP contribution in [0.25, 0.3) is 5.65 Å². The number of pyridine rings is 1. The number of anilines is 2. The van der Waals surface area contributed by atoms with E-state index in [0.717, 1.165) is 11.3 Å². The minimum absolute atomic E-state index is 0.00733. The van der Waals surface area contributed by atoms with Crippen molar-refractivity contribution in [3.05, 3.63) is 54.0 Å². The monoisotopic (exact) mass is 336 g/mol. The number of benzene rings is 1. The van der Waals surface area contributed by atoms with Crippen molar-refractivity contribution in [3.8, 4) is 5.75 Å². The molecule has 0 atom stereocenters. The van der Waals surface area contributed by atoms with E-state index in [4.69, 9.17) is 4.74 Å². The molecule has 25 heavy (non-hydrogen) atoms. The van der Waals surface area contributed by atoms with E-state index in [1.54, 1.807) is 31.4 Å². The SMILES string of the molecule is Cc1cccc2nc(C(=O)Nc3ccc4c(c3)OCC(=O)N4C)cn12. The Kier molecular flexibility index (Phi) is 3.42. The number of nitrogens with zero attached hydrogens (tertiary/aromatic N) is 3. The number of aryl methyl sites for hydroxylation is 1. The highest BCUT2D eigenvalue weighted by Gasteiger charge is 2.22. The summed E-state index contributed by atoms with van der Waals surface area (Å²) in [5, 5.41) is 2.82. The summed E-state index contributed by atoms with van der Waals surface area (Å²) in [6.45, 7) is 1.95. The molecule has 0 spiro atoms. The van der Waals surface area contributed by atoms with Gasteiger partial charge in [0.25, 0.3) is 11.8 Å². The molecule has 1 N–H and O–H groups in total. The molecule has 126 valence electrons. The van der Waals surface area contributed by atoms with Crippen molar-refractivity contribution < 1.29 is 14.3 Å². The van der Waals surface area contributed by atoms with Gasteiger partial charge in [-0.25, -0.2) is 4.98 Å². The van der Waals surface area contributed by atoms with Gasteiger partial charge < -0.3 is 19.4 Å². The number of ether oxygens (including phenoxy) is 1. The molecule has 0 fully saturated rings. The molecule has 0 bridgehead atoms. The highest BCUT2D eigenvalue weighted by Crippen LogP contribution is 2.33. The molecule has 7 heteroatoms. The maximum absolute atomic E-state index is 12.5. The first-order valence-electron chi connectivity index (χ1n) is 7.82. The average molecular weight is 336 g/mol. The molecule has 0 saturated heterocycles. The summed E-state index contributed by atoms with van der Waals surface area (Å²) in [7, 11) is 1.70. The topological polar surface area (TPSA) is 75.9 Å². The van der Waals surface area contributed by atoms with E-state index in [0.29, 0.717) is 22.8 Å². The summed E-state index contributed by atoms with van der Waals surface area (Å²) in [5.74, 6) is 0.151. The second-order valence-electron chi connectivity index (χ2n) is 5.90. The number of likely N-dealkylation sites (N-methyl/N-ethyl adjacent to an activating group) is 1. The highest BCUT2D eigenvalue weighted by molar-refractivity contribution is 6.04. The molecule has 1 aliphatic rings. The van der Waals surface area contributed by atoms with Crippen LogP contribution in [0.1, 0.15) is 16.2 Å². The molecule has 2 aromatic heterocycles. The highest BCUT2D eigenvalue weighted by atomic mass is 16.5. The van der Waals surface area contributed by atoms with E-state index in [-0.39, 0.29) is 18.4 Å². The molecule has 0 aliphatic carbocycles. The number of nitrogens with one attached hydrogen (secondary N) is 1. The first kappa shape index (κ1) is 15.2. The Morgan fingerprint density at radius 1 is 1.28 bits per heavy atom. The van der Waals surface area contributed by atoms with Crippen LogP contribution in [0.15, 0.2) is 42.6 Å². The first-order chi connectivity index (χ1) is 12.0. The molecule has 2 amide bonds. The molecular weight excluding hydrogens is 320 g/mol. The minimum Gasteiger partial charge on any atom is -0.481 e. The van der Waals surface area contributed by atoms with Gasteiger partial charge in [-0.05, 0) is 31.2 Å². The van der Waals surface area contributed by atoms with Crippen molar-refractivity contribution >= 4 is 28.8 Å². The largest absolute Gasteiger partial charge is 0.481 e. The Balaban J connectivity index is 1.60. The Morgan fingerprint density at radius 3 is 2.92 bits per heavy atom. The number of rotatable bonds is 2. The van der Waals surface area contributed by atoms with Crippen molar-refractivity contribution in [3.63, 3.8) is 0 Å². The average Bonchev–Trinajstić information content (AvgIpc) is 3.04. The lowest BCUT2D eigenvalue weighted by molar-refractivity contribution is -0.120. The summed E-state index contributed by atoms with van der Waals surface area (Å²) in [6, 6.07) is 10.9. The third-order valence-electron chi connectivity index (χ3n) is 4.23. The Morgan fingerprint density at radius 2 is 2.12 bits per heavy atom. The predicted molar refractivity (Wildman–Crippen MR) is 93.2 cm³/mol. The second-order valence-corrected chi connectivity index (χ2v) is 5.90. The van der Waals surface area contributed by atoms with Crippen molar-refractivity contribution in [2.24, 2.45) is 0 Å². The van der Waals surface area contributed by atoms with Crippen LogP contribution >= 0.6 is 0 Å². The van der Waals surface area contributed by atoms with Gasteiger partial charge in [-0.2, -0.15) is 0 Å². The van der Waals surface area contributed by atoms with Gasteiger partial charge in [-0.15, -0.1) is 0 Å². The van der Waals surface area contributed by atoms with E-state index in [9.17, 15) is 9.59 Å². The number of carbonyl (C=O) groups is 2. The number of hydrogen-bond acceptors (Lipinski definition) is 4. The van der Waals surface area contributed by atoms with Crippen molar-refractivity contribution in [2.75, 3.05) is 23.9 Å². The number of imidazole rings is 1. The van der Waals surface area contributed by atoms with E-state index in [1.165, 1.54) is 4.90 Å². The summed E-state index contributed by atoms with van der Waals surface area (Å²) in [4.78, 5) is 30.0. The fourth-order valence-electron chi connectivity index (χ4n) is 2.81. The molecule has 0 unspecified atom stereocenters. The van der Waals surface area contributed by atoms with E-state index in [1.807, 2.05) is 29.5 Å². The van der Waals surface area contributed by atoms with Crippen LogP contribution in [-0.4, -0.2) is 34.9 Å². The fraction of sp³-hybridized carbons (Fsp3) is 0.167. The molecule has 1 aromatic carbocycles. The number of carbonyl (C=O) groups excluding carboxylic acids is 2. The van der Waals surface area contributed by atoms with Gasteiger partial charge in [-0.3, -0.25) is 9.59 Å². The number of amides is 2. The molecule has 1 aliphatic heterocycles. The maximum atomic E-state index is 12.5. The lowest BCUT2D eigenvalue weighted by Crippen LogP contribution is -2.35. The van der Waals surface area contributed by atoms with Crippen molar-refractivity contribution in [1.29, 1.82) is 0 Å². The zero-order valence-corrected chi connectivity index (χ0v) is 13.8. The molecule has 0 saturated carbocycles. The van der Waals surface area contributed by atoms with Gasteiger partial charge >= 0.3 is 0 Å². The van der Waals surface area contributed by atoms with Gasteiger partial charge in [-0.1, -0.05) is 6.07 Å². The number of aromatic nitrogens is 2. The van der Waals surface area contributed by atoms with Crippen LogP contribution in [-0.2, 0) is 4.79 Å². The van der Waals surface area contributed by atoms with Gasteiger partial charge in [0.05, 0.1) is 5.69 Å². The van der Waals surface area contributed by atoms with Crippen LogP contribution in [0.4, 0.5) is 11.4 Å². The summed E-state index contributed by atoms with van der Waals surface area (Å²) in [5.41, 5.74) is 3.32. The molecule has 4 rings (SSSR count). The van der Waals surface area contributed by atoms with Crippen LogP contribution < -0.4 is 15.0 Å². The summed E-state index contributed by atoms with van der Waals surface area (Å²) >= 11 is 0. The molecule has 0 radical (unpaired) electrons. The number of fused-ring (bicyclic) bond motifs is 2. The van der Waals surface area contributed by atoms with E-state index in [2.05, 4.69) is 10.3 Å². The maximum Gasteiger partial charge on any atom is 0.275 e. The number of hydrogen-bond donors (Lipinski definition) is 1. The Bertz CT molecular complexity index is 1010. The zero-order chi connectivity index (χ0) is 17.6. The van der Waals surface area contributed by atoms with E-state index < -0.39 is 0 Å². The minimum atomic E-state index is -0.303. The third kappa shape index (κ3) is 2.59. The van der Waals surface area contributed by atoms with Crippen molar-refractivity contribution in [1.82, 2.24) is 9.38 Å². The van der Waals surface area contributed by atoms with Gasteiger partial charge in [0.1, 0.15) is 17.1 Å². The van der Waals surface area contributed by atoms with Crippen LogP contribution in [0, 0.1) is 6.92 Å². The first-order valence-corrected chi connectivity index (χ1v) is 7.82. The lowest BCUT2D eigenvalue weighted by Gasteiger charge is -2.26. The second kappa shape index (κ2) is 5.62. The molecule has 3 heterocycles. The van der Waals surface area contributed by atoms with Crippen LogP contribution in [0.2, 0.25) is 0 Å². The smallest absolute Gasteiger partial charge is 0.275 e. The quantitative estimate of drug-likeness (QED) is 0.779. The molecular formula is C18H16N4O3. The zero-order valence-electron chi connectivity index (χ0n) is 13.8. The molecule has 7 nitrogen and oxygen atoms in total. The predicted octanol–water partition coefficient (Wildman–Crippen LogP) is 2.25. The standard InChI is InChI=1S/C18H16N4O3/c1-11-4-3-5-16-20-13(9-22(11)16)18(24)19-12-6-7-14-15(8-12)25-10-17(23)21(14)2/h3-9H,10H2,1-2H3,(H,19,24). The van der Waals surface area contributed by atoms with E-state index >= 15 is 0 Å². The third-order valence-corrected chi connectivity index (χ3v) is 4.23. The molecule has 3 aromatic rings. The Hall–Kier alpha value is -3.35. The van der Waals surface area contributed by atoms with Crippen LogP contribution in [0.5, 0.6) is 5.75 Å². The van der Waals surface area contributed by atoms with Gasteiger partial charge in [0.15, 0.2) is 6.61 Å². The summed E-state index contributed by atoms with van der Waals surface area (Å²) < 4.78 is 7.30. The Labute approximate surface area is 143 Å². The fourth-order valence-corrected chi connectivity index (χ4v) is 2.81. The summed E-state index contributed by atoms with van der Waals surface area (Å²) in [6.07, 6.45) is 1.71. The normalized spacial score (nSPS) is 13.5. The van der Waals surface area contributed by atoms with Crippen molar-refractivity contribution in [2.45, 2.75) is 6.92 Å². The lowest BCUT2D eigenvalue weighted by atomic mass is 10.2. The van der Waals surface area contributed by atoms with Gasteiger partial charge in [0.2, 0.25) is 0 Å². The van der Waals surface area contributed by atoms with Gasteiger partial charge in [0, 0.05) is 30.7 Å².